The average molecular weight is 182 g/mol. The molecule has 0 aliphatic rings. The van der Waals surface area contributed by atoms with Crippen LogP contribution in [0, 0.1) is 6.92 Å². The smallest absolute Gasteiger partial charge is 0.120 e. The normalized spacial score (nSPS) is 8.85. The minimum absolute atomic E-state index is 0.636. The topological polar surface area (TPSA) is 34.9 Å². The molecule has 0 saturated carbocycles. The first-order valence-corrected chi connectivity index (χ1v) is 4.75. The summed E-state index contributed by atoms with van der Waals surface area (Å²) in [5, 5.41) is 0. The molecule has 0 radical (unpaired) electrons. The fraction of sp³-hybridized carbons (Fsp3) is 0.600. The number of aromatic nitrogens is 2. The highest BCUT2D eigenvalue weighted by Gasteiger charge is 1.91. The Morgan fingerprint density at radius 3 is 2.69 bits per heavy atom. The van der Waals surface area contributed by atoms with Gasteiger partial charge in [-0.05, 0) is 13.3 Å². The van der Waals surface area contributed by atoms with Crippen molar-refractivity contribution in [1.82, 2.24) is 9.55 Å². The molecule has 0 atom stereocenters. The molecule has 3 heteroatoms. The Morgan fingerprint density at radius 2 is 2.23 bits per heavy atom. The minimum atomic E-state index is 0.636. The molecule has 74 valence electrons. The molecule has 0 bridgehead atoms. The Hall–Kier alpha value is -1.12. The molecule has 1 rings (SSSR count). The molecule has 0 aromatic carbocycles. The van der Waals surface area contributed by atoms with E-state index in [-0.39, 0.29) is 0 Å². The van der Waals surface area contributed by atoms with E-state index in [4.69, 9.17) is 0 Å². The standard InChI is InChI=1S/C8H12N2O.C2H6/c1-8-6-10(7-9-8)4-2-3-5-11;1-2/h5-7H,2-4H2,1H3;1-2H3. The van der Waals surface area contributed by atoms with Crippen molar-refractivity contribution in [1.29, 1.82) is 0 Å². The van der Waals surface area contributed by atoms with Gasteiger partial charge in [0.2, 0.25) is 0 Å². The van der Waals surface area contributed by atoms with Gasteiger partial charge in [0.15, 0.2) is 0 Å². The average Bonchev–Trinajstić information content (AvgIpc) is 2.56. The van der Waals surface area contributed by atoms with Crippen molar-refractivity contribution in [2.75, 3.05) is 0 Å². The highest BCUT2D eigenvalue weighted by Crippen LogP contribution is 1.96. The molecule has 0 spiro atoms. The van der Waals surface area contributed by atoms with Gasteiger partial charge in [-0.1, -0.05) is 13.8 Å². The van der Waals surface area contributed by atoms with Crippen LogP contribution in [0.4, 0.5) is 0 Å². The number of nitrogens with zero attached hydrogens (tertiary/aromatic N) is 2. The second-order valence-corrected chi connectivity index (χ2v) is 2.56. The lowest BCUT2D eigenvalue weighted by molar-refractivity contribution is -0.107. The van der Waals surface area contributed by atoms with E-state index < -0.39 is 0 Å². The highest BCUT2D eigenvalue weighted by atomic mass is 16.1. The first-order valence-electron chi connectivity index (χ1n) is 4.75. The summed E-state index contributed by atoms with van der Waals surface area (Å²) >= 11 is 0. The van der Waals surface area contributed by atoms with Gasteiger partial charge in [0.05, 0.1) is 12.0 Å². The van der Waals surface area contributed by atoms with E-state index >= 15 is 0 Å². The zero-order valence-electron chi connectivity index (χ0n) is 8.66. The van der Waals surface area contributed by atoms with Crippen molar-refractivity contribution in [3.63, 3.8) is 0 Å². The number of imidazole rings is 1. The number of carbonyl (C=O) groups excluding carboxylic acids is 1. The lowest BCUT2D eigenvalue weighted by Gasteiger charge is -1.96. The van der Waals surface area contributed by atoms with Crippen LogP contribution in [-0.2, 0) is 11.3 Å². The Kier molecular flexibility index (Phi) is 6.88. The van der Waals surface area contributed by atoms with Crippen LogP contribution in [0.25, 0.3) is 0 Å². The van der Waals surface area contributed by atoms with E-state index in [1.807, 2.05) is 31.5 Å². The SMILES string of the molecule is CC.Cc1cn(CCCC=O)cn1. The summed E-state index contributed by atoms with van der Waals surface area (Å²) in [6, 6.07) is 0. The maximum atomic E-state index is 9.98. The lowest BCUT2D eigenvalue weighted by atomic mass is 10.3. The zero-order chi connectivity index (χ0) is 10.1. The molecular weight excluding hydrogens is 164 g/mol. The first kappa shape index (κ1) is 11.9. The molecule has 0 aliphatic heterocycles. The van der Waals surface area contributed by atoms with Gasteiger partial charge in [-0.15, -0.1) is 0 Å². The number of rotatable bonds is 4. The maximum absolute atomic E-state index is 9.98. The number of hydrogen-bond acceptors (Lipinski definition) is 2. The van der Waals surface area contributed by atoms with E-state index in [1.54, 1.807) is 6.33 Å². The fourth-order valence-electron chi connectivity index (χ4n) is 0.951. The molecule has 1 heterocycles. The van der Waals surface area contributed by atoms with E-state index in [9.17, 15) is 4.79 Å². The predicted octanol–water partition coefficient (Wildman–Crippen LogP) is 2.20. The second kappa shape index (κ2) is 7.53. The van der Waals surface area contributed by atoms with Gasteiger partial charge in [-0.2, -0.15) is 0 Å². The third-order valence-electron chi connectivity index (χ3n) is 1.50. The summed E-state index contributed by atoms with van der Waals surface area (Å²) in [4.78, 5) is 14.0. The number of unbranched alkanes of at least 4 members (excludes halogenated alkanes) is 1. The van der Waals surface area contributed by atoms with Gasteiger partial charge in [0, 0.05) is 19.2 Å². The van der Waals surface area contributed by atoms with Crippen LogP contribution in [0.2, 0.25) is 0 Å². The lowest BCUT2D eigenvalue weighted by Crippen LogP contribution is -1.93. The molecule has 0 aliphatic carbocycles. The van der Waals surface area contributed by atoms with Crippen LogP contribution in [0.5, 0.6) is 0 Å². The van der Waals surface area contributed by atoms with Crippen LogP contribution in [0.15, 0.2) is 12.5 Å². The molecule has 0 fully saturated rings. The fourth-order valence-corrected chi connectivity index (χ4v) is 0.951. The molecule has 0 amide bonds. The van der Waals surface area contributed by atoms with Gasteiger partial charge in [-0.25, -0.2) is 4.98 Å². The summed E-state index contributed by atoms with van der Waals surface area (Å²) in [6.45, 7) is 6.84. The predicted molar refractivity (Wildman–Crippen MR) is 53.6 cm³/mol. The molecule has 0 unspecified atom stereocenters. The minimum Gasteiger partial charge on any atom is -0.337 e. The van der Waals surface area contributed by atoms with Crippen molar-refractivity contribution in [2.45, 2.75) is 40.2 Å². The van der Waals surface area contributed by atoms with Gasteiger partial charge < -0.3 is 9.36 Å². The van der Waals surface area contributed by atoms with Crippen LogP contribution in [-0.4, -0.2) is 15.8 Å². The Labute approximate surface area is 79.8 Å². The Morgan fingerprint density at radius 1 is 1.54 bits per heavy atom. The Bertz CT molecular complexity index is 231. The van der Waals surface area contributed by atoms with E-state index in [1.165, 1.54) is 0 Å². The van der Waals surface area contributed by atoms with Crippen LogP contribution >= 0.6 is 0 Å². The van der Waals surface area contributed by atoms with E-state index in [2.05, 4.69) is 4.98 Å². The molecule has 1 aromatic heterocycles. The third-order valence-corrected chi connectivity index (χ3v) is 1.50. The molecule has 13 heavy (non-hydrogen) atoms. The quantitative estimate of drug-likeness (QED) is 0.528. The summed E-state index contributed by atoms with van der Waals surface area (Å²) < 4.78 is 2.00. The molecule has 0 saturated heterocycles. The van der Waals surface area contributed by atoms with Crippen LogP contribution in [0.1, 0.15) is 32.4 Å². The van der Waals surface area contributed by atoms with Crippen molar-refractivity contribution >= 4 is 6.29 Å². The van der Waals surface area contributed by atoms with Crippen LogP contribution in [0.3, 0.4) is 0 Å². The number of aryl methyl sites for hydroxylation is 2. The summed E-state index contributed by atoms with van der Waals surface area (Å²) in [5.74, 6) is 0. The molecular formula is C10H18N2O. The van der Waals surface area contributed by atoms with Crippen molar-refractivity contribution in [2.24, 2.45) is 0 Å². The van der Waals surface area contributed by atoms with Gasteiger partial charge in [0.25, 0.3) is 0 Å². The van der Waals surface area contributed by atoms with Crippen molar-refractivity contribution in [3.8, 4) is 0 Å². The second-order valence-electron chi connectivity index (χ2n) is 2.56. The van der Waals surface area contributed by atoms with E-state index in [0.29, 0.717) is 6.42 Å². The van der Waals surface area contributed by atoms with Crippen molar-refractivity contribution < 1.29 is 4.79 Å². The van der Waals surface area contributed by atoms with Gasteiger partial charge in [0.1, 0.15) is 6.29 Å². The Balaban J connectivity index is 0.000000671. The maximum Gasteiger partial charge on any atom is 0.120 e. The largest absolute Gasteiger partial charge is 0.337 e. The molecule has 1 aromatic rings. The van der Waals surface area contributed by atoms with Gasteiger partial charge in [-0.3, -0.25) is 0 Å². The molecule has 3 nitrogen and oxygen atoms in total. The molecule has 0 N–H and O–H groups in total. The first-order chi connectivity index (χ1) is 6.33. The van der Waals surface area contributed by atoms with Crippen molar-refractivity contribution in [3.05, 3.63) is 18.2 Å². The zero-order valence-corrected chi connectivity index (χ0v) is 8.66. The number of carbonyl (C=O) groups is 1. The van der Waals surface area contributed by atoms with E-state index in [0.717, 1.165) is 24.9 Å². The monoisotopic (exact) mass is 182 g/mol. The van der Waals surface area contributed by atoms with Gasteiger partial charge >= 0.3 is 0 Å². The summed E-state index contributed by atoms with van der Waals surface area (Å²) in [7, 11) is 0. The summed E-state index contributed by atoms with van der Waals surface area (Å²) in [5.41, 5.74) is 1.02. The summed E-state index contributed by atoms with van der Waals surface area (Å²) in [6.07, 6.45) is 6.26. The third kappa shape index (κ3) is 5.17. The highest BCUT2D eigenvalue weighted by molar-refractivity contribution is 5.48. The number of aldehydes is 1. The number of hydrogen-bond donors (Lipinski definition) is 0. The van der Waals surface area contributed by atoms with Crippen LogP contribution < -0.4 is 0 Å².